The van der Waals surface area contributed by atoms with Gasteiger partial charge in [0.05, 0.1) is 19.3 Å². The summed E-state index contributed by atoms with van der Waals surface area (Å²) in [6.45, 7) is 5.98. The Balaban J connectivity index is 0.00000312. The van der Waals surface area contributed by atoms with E-state index < -0.39 is 6.04 Å². The number of anilines is 1. The van der Waals surface area contributed by atoms with E-state index in [1.54, 1.807) is 6.92 Å². The van der Waals surface area contributed by atoms with E-state index in [1.165, 1.54) is 0 Å². The summed E-state index contributed by atoms with van der Waals surface area (Å²) in [4.78, 5) is 25.8. The highest BCUT2D eigenvalue weighted by molar-refractivity contribution is 5.90. The summed E-state index contributed by atoms with van der Waals surface area (Å²) < 4.78 is 5.29. The first-order chi connectivity index (χ1) is 11.5. The van der Waals surface area contributed by atoms with Gasteiger partial charge in [-0.2, -0.15) is 0 Å². The van der Waals surface area contributed by atoms with Crippen LogP contribution in [-0.4, -0.2) is 55.6 Å². The smallest absolute Gasteiger partial charge is 0.236 e. The number of benzene rings is 1. The van der Waals surface area contributed by atoms with Gasteiger partial charge in [-0.25, -0.2) is 0 Å². The van der Waals surface area contributed by atoms with Gasteiger partial charge < -0.3 is 21.1 Å². The molecule has 0 aliphatic carbocycles. The maximum Gasteiger partial charge on any atom is 0.236 e. The van der Waals surface area contributed by atoms with Crippen LogP contribution >= 0.6 is 24.8 Å². The molecule has 1 saturated heterocycles. The average Bonchev–Trinajstić information content (AvgIpc) is 2.59. The van der Waals surface area contributed by atoms with Gasteiger partial charge in [0.1, 0.15) is 0 Å². The number of carbonyl (C=O) groups is 2. The van der Waals surface area contributed by atoms with Gasteiger partial charge in [-0.05, 0) is 24.6 Å². The summed E-state index contributed by atoms with van der Waals surface area (Å²) in [5, 5.41) is 5.65. The topological polar surface area (TPSA) is 96.7 Å². The van der Waals surface area contributed by atoms with Crippen LogP contribution in [0, 0.1) is 0 Å². The highest BCUT2D eigenvalue weighted by Crippen LogP contribution is 2.11. The molecule has 0 bridgehead atoms. The van der Waals surface area contributed by atoms with E-state index >= 15 is 0 Å². The Kier molecular flexibility index (Phi) is 12.2. The maximum atomic E-state index is 12.1. The molecule has 0 radical (unpaired) electrons. The Labute approximate surface area is 166 Å². The van der Waals surface area contributed by atoms with Crippen LogP contribution in [-0.2, 0) is 20.9 Å². The van der Waals surface area contributed by atoms with E-state index in [2.05, 4.69) is 15.5 Å². The summed E-state index contributed by atoms with van der Waals surface area (Å²) in [5.41, 5.74) is 7.15. The lowest BCUT2D eigenvalue weighted by atomic mass is 10.2. The van der Waals surface area contributed by atoms with Crippen molar-refractivity contribution >= 4 is 42.3 Å². The molecule has 148 valence electrons. The van der Waals surface area contributed by atoms with Crippen molar-refractivity contribution in [2.45, 2.75) is 25.9 Å². The van der Waals surface area contributed by atoms with Crippen molar-refractivity contribution in [3.63, 3.8) is 0 Å². The largest absolute Gasteiger partial charge is 0.379 e. The van der Waals surface area contributed by atoms with Gasteiger partial charge in [-0.1, -0.05) is 12.1 Å². The van der Waals surface area contributed by atoms with Crippen LogP contribution in [0.2, 0.25) is 0 Å². The summed E-state index contributed by atoms with van der Waals surface area (Å²) in [6.07, 6.45) is 0.450. The van der Waals surface area contributed by atoms with Gasteiger partial charge in [0.2, 0.25) is 11.8 Å². The van der Waals surface area contributed by atoms with E-state index in [4.69, 9.17) is 10.5 Å². The lowest BCUT2D eigenvalue weighted by molar-refractivity contribution is -0.122. The van der Waals surface area contributed by atoms with Crippen molar-refractivity contribution in [3.05, 3.63) is 29.8 Å². The number of halogens is 2. The monoisotopic (exact) mass is 406 g/mol. The molecule has 1 aromatic rings. The van der Waals surface area contributed by atoms with Crippen LogP contribution in [0.15, 0.2) is 24.3 Å². The van der Waals surface area contributed by atoms with Gasteiger partial charge in [-0.3, -0.25) is 14.5 Å². The summed E-state index contributed by atoms with van der Waals surface area (Å²) in [6, 6.07) is 6.90. The quantitative estimate of drug-likeness (QED) is 0.630. The van der Waals surface area contributed by atoms with Crippen molar-refractivity contribution in [2.75, 3.05) is 38.2 Å². The summed E-state index contributed by atoms with van der Waals surface area (Å²) in [5.74, 6) is -0.215. The van der Waals surface area contributed by atoms with Crippen LogP contribution in [0.1, 0.15) is 18.9 Å². The van der Waals surface area contributed by atoms with Gasteiger partial charge in [0, 0.05) is 38.3 Å². The minimum Gasteiger partial charge on any atom is -0.379 e. The van der Waals surface area contributed by atoms with Crippen LogP contribution in [0.5, 0.6) is 0 Å². The fraction of sp³-hybridized carbons (Fsp3) is 0.529. The number of rotatable bonds is 7. The van der Waals surface area contributed by atoms with Crippen LogP contribution in [0.4, 0.5) is 5.69 Å². The van der Waals surface area contributed by atoms with Gasteiger partial charge in [-0.15, -0.1) is 24.8 Å². The molecule has 9 heteroatoms. The molecule has 4 N–H and O–H groups in total. The lowest BCUT2D eigenvalue weighted by Gasteiger charge is -2.26. The van der Waals surface area contributed by atoms with Crippen molar-refractivity contribution in [1.29, 1.82) is 0 Å². The number of ether oxygens (including phenoxy) is 1. The molecule has 1 atom stereocenters. The van der Waals surface area contributed by atoms with E-state index in [0.717, 1.165) is 44.1 Å². The van der Waals surface area contributed by atoms with Crippen LogP contribution in [0.25, 0.3) is 0 Å². The maximum absolute atomic E-state index is 12.1. The molecule has 2 rings (SSSR count). The first-order valence-electron chi connectivity index (χ1n) is 8.27. The summed E-state index contributed by atoms with van der Waals surface area (Å²) >= 11 is 0. The highest BCUT2D eigenvalue weighted by Gasteiger charge is 2.12. The molecule has 0 aromatic heterocycles. The van der Waals surface area contributed by atoms with Crippen molar-refractivity contribution in [1.82, 2.24) is 10.2 Å². The van der Waals surface area contributed by atoms with Gasteiger partial charge in [0.25, 0.3) is 0 Å². The van der Waals surface area contributed by atoms with Gasteiger partial charge in [0.15, 0.2) is 0 Å². The van der Waals surface area contributed by atoms with Gasteiger partial charge >= 0.3 is 0 Å². The Bertz CT molecular complexity index is 567. The Morgan fingerprint density at radius 2 is 1.96 bits per heavy atom. The molecule has 0 unspecified atom stereocenters. The number of nitrogens with zero attached hydrogens (tertiary/aromatic N) is 1. The molecule has 0 saturated carbocycles. The zero-order valence-corrected chi connectivity index (χ0v) is 16.5. The first-order valence-corrected chi connectivity index (χ1v) is 8.27. The van der Waals surface area contributed by atoms with E-state index in [9.17, 15) is 9.59 Å². The van der Waals surface area contributed by atoms with Crippen molar-refractivity contribution in [3.8, 4) is 0 Å². The third kappa shape index (κ3) is 8.82. The molecule has 7 nitrogen and oxygen atoms in total. The predicted octanol–water partition coefficient (Wildman–Crippen LogP) is 1.15. The first kappa shape index (κ1) is 24.6. The molecule has 1 fully saturated rings. The number of hydrogen-bond donors (Lipinski definition) is 3. The SMILES string of the molecule is C[C@@H](N)C(=O)NCc1cccc(NC(=O)CCN2CCOCC2)c1.Cl.Cl. The normalized spacial score (nSPS) is 15.2. The van der Waals surface area contributed by atoms with Crippen LogP contribution in [0.3, 0.4) is 0 Å². The average molecular weight is 407 g/mol. The number of morpholine rings is 1. The Hall–Kier alpha value is -1.38. The molecule has 2 amide bonds. The molecule has 1 aliphatic heterocycles. The molecule has 1 aromatic carbocycles. The second kappa shape index (κ2) is 12.9. The molecule has 0 spiro atoms. The minimum absolute atomic E-state index is 0. The fourth-order valence-electron chi connectivity index (χ4n) is 2.42. The third-order valence-corrected chi connectivity index (χ3v) is 3.85. The van der Waals surface area contributed by atoms with E-state index in [-0.39, 0.29) is 36.6 Å². The third-order valence-electron chi connectivity index (χ3n) is 3.85. The lowest BCUT2D eigenvalue weighted by Crippen LogP contribution is -2.38. The second-order valence-corrected chi connectivity index (χ2v) is 5.96. The Morgan fingerprint density at radius 3 is 2.62 bits per heavy atom. The highest BCUT2D eigenvalue weighted by atomic mass is 35.5. The zero-order valence-electron chi connectivity index (χ0n) is 14.9. The number of nitrogens with one attached hydrogen (secondary N) is 2. The van der Waals surface area contributed by atoms with E-state index in [0.29, 0.717) is 13.0 Å². The summed E-state index contributed by atoms with van der Waals surface area (Å²) in [7, 11) is 0. The molecular weight excluding hydrogens is 379 g/mol. The molecule has 1 heterocycles. The Morgan fingerprint density at radius 1 is 1.27 bits per heavy atom. The number of carbonyl (C=O) groups excluding carboxylic acids is 2. The predicted molar refractivity (Wildman–Crippen MR) is 107 cm³/mol. The molecule has 26 heavy (non-hydrogen) atoms. The number of amides is 2. The van der Waals surface area contributed by atoms with Crippen molar-refractivity contribution in [2.24, 2.45) is 5.73 Å². The minimum atomic E-state index is -0.534. The zero-order chi connectivity index (χ0) is 17.4. The fourth-order valence-corrected chi connectivity index (χ4v) is 2.42. The second-order valence-electron chi connectivity index (χ2n) is 5.96. The standard InChI is InChI=1S/C17H26N4O3.2ClH/c1-13(18)17(23)19-12-14-3-2-4-15(11-14)20-16(22)5-6-21-7-9-24-10-8-21;;/h2-4,11,13H,5-10,12,18H2,1H3,(H,19,23)(H,20,22);2*1H/t13-;;/m1../s1. The van der Waals surface area contributed by atoms with Crippen LogP contribution < -0.4 is 16.4 Å². The molecular formula is C17H28Cl2N4O3. The van der Waals surface area contributed by atoms with E-state index in [1.807, 2.05) is 24.3 Å². The number of nitrogens with two attached hydrogens (primary N) is 1. The van der Waals surface area contributed by atoms with Crippen molar-refractivity contribution < 1.29 is 14.3 Å². The number of hydrogen-bond acceptors (Lipinski definition) is 5. The molecule has 1 aliphatic rings.